The summed E-state index contributed by atoms with van der Waals surface area (Å²) in [6, 6.07) is 0. The maximum Gasteiger partial charge on any atom is 0.310 e. The van der Waals surface area contributed by atoms with Crippen molar-refractivity contribution < 1.29 is 24.2 Å². The number of carbonyl (C=O) groups excluding carboxylic acids is 3. The van der Waals surface area contributed by atoms with Crippen LogP contribution in [0.5, 0.6) is 0 Å². The lowest BCUT2D eigenvalue weighted by atomic mass is 10.2. The van der Waals surface area contributed by atoms with Gasteiger partial charge in [-0.1, -0.05) is 0 Å². The highest BCUT2D eigenvalue weighted by atomic mass is 16.5. The van der Waals surface area contributed by atoms with E-state index >= 15 is 0 Å². The van der Waals surface area contributed by atoms with Gasteiger partial charge in [0.25, 0.3) is 11.8 Å². The summed E-state index contributed by atoms with van der Waals surface area (Å²) in [5.41, 5.74) is -0.253. The molecule has 0 aromatic rings. The number of nitrogens with one attached hydrogen (secondary N) is 1. The highest BCUT2D eigenvalue weighted by Crippen LogP contribution is 2.13. The van der Waals surface area contributed by atoms with Crippen LogP contribution in [-0.2, 0) is 19.1 Å². The minimum absolute atomic E-state index is 0.253. The fraction of sp³-hybridized carbons (Fsp3) is 0.286. The molecular formula is C7H7NO5. The van der Waals surface area contributed by atoms with Gasteiger partial charge in [-0.25, -0.2) is 0 Å². The Bertz CT molecular complexity index is 317. The van der Waals surface area contributed by atoms with Gasteiger partial charge in [-0.05, 0) is 0 Å². The number of ether oxygens (including phenoxy) is 1. The number of hydrogen-bond donors (Lipinski definition) is 2. The third-order valence-electron chi connectivity index (χ3n) is 1.55. The van der Waals surface area contributed by atoms with Crippen molar-refractivity contribution in [3.63, 3.8) is 0 Å². The molecular weight excluding hydrogens is 178 g/mol. The van der Waals surface area contributed by atoms with Gasteiger partial charge in [0.2, 0.25) is 0 Å². The van der Waals surface area contributed by atoms with Crippen molar-refractivity contribution >= 4 is 17.8 Å². The summed E-state index contributed by atoms with van der Waals surface area (Å²) in [6.45, 7) is 0. The third kappa shape index (κ3) is 1.66. The van der Waals surface area contributed by atoms with Crippen molar-refractivity contribution in [2.75, 3.05) is 7.11 Å². The van der Waals surface area contributed by atoms with E-state index in [1.165, 1.54) is 0 Å². The van der Waals surface area contributed by atoms with E-state index in [4.69, 9.17) is 5.11 Å². The van der Waals surface area contributed by atoms with Crippen LogP contribution in [0.15, 0.2) is 11.3 Å². The number of rotatable bonds is 2. The quantitative estimate of drug-likeness (QED) is 0.426. The topological polar surface area (TPSA) is 92.7 Å². The highest BCUT2D eigenvalue weighted by Gasteiger charge is 2.31. The van der Waals surface area contributed by atoms with Crippen molar-refractivity contribution in [3.8, 4) is 0 Å². The smallest absolute Gasteiger partial charge is 0.310 e. The molecule has 0 bridgehead atoms. The SMILES string of the molecule is COC(=O)CC1=C(O)C(=O)NC1=O. The van der Waals surface area contributed by atoms with Gasteiger partial charge in [0.15, 0.2) is 5.76 Å². The molecule has 0 unspecified atom stereocenters. The molecule has 0 saturated heterocycles. The Kier molecular flexibility index (Phi) is 2.32. The molecule has 0 aromatic heterocycles. The van der Waals surface area contributed by atoms with E-state index in [9.17, 15) is 14.4 Å². The van der Waals surface area contributed by atoms with E-state index in [1.54, 1.807) is 0 Å². The van der Waals surface area contributed by atoms with E-state index in [0.29, 0.717) is 0 Å². The number of aliphatic hydroxyl groups excluding tert-OH is 1. The normalized spacial score (nSPS) is 16.1. The van der Waals surface area contributed by atoms with Gasteiger partial charge in [-0.3, -0.25) is 19.7 Å². The second kappa shape index (κ2) is 3.26. The lowest BCUT2D eigenvalue weighted by molar-refractivity contribution is -0.140. The molecule has 6 heteroatoms. The summed E-state index contributed by atoms with van der Waals surface area (Å²) in [5.74, 6) is -3.04. The van der Waals surface area contributed by atoms with Crippen LogP contribution in [0.4, 0.5) is 0 Å². The van der Waals surface area contributed by atoms with E-state index in [2.05, 4.69) is 4.74 Å². The van der Waals surface area contributed by atoms with Gasteiger partial charge in [-0.15, -0.1) is 0 Å². The first kappa shape index (κ1) is 9.24. The van der Waals surface area contributed by atoms with Crippen LogP contribution in [0.1, 0.15) is 6.42 Å². The number of esters is 1. The summed E-state index contributed by atoms with van der Waals surface area (Å²) in [6.07, 6.45) is -0.403. The molecule has 0 saturated carbocycles. The van der Waals surface area contributed by atoms with Crippen LogP contribution >= 0.6 is 0 Å². The Morgan fingerprint density at radius 3 is 2.46 bits per heavy atom. The molecule has 70 valence electrons. The van der Waals surface area contributed by atoms with Gasteiger partial charge >= 0.3 is 5.97 Å². The zero-order valence-corrected chi connectivity index (χ0v) is 6.79. The Balaban J connectivity index is 2.84. The maximum atomic E-state index is 10.9. The number of hydrogen-bond acceptors (Lipinski definition) is 5. The van der Waals surface area contributed by atoms with Crippen LogP contribution in [0.2, 0.25) is 0 Å². The van der Waals surface area contributed by atoms with Crippen molar-refractivity contribution in [1.29, 1.82) is 0 Å². The standard InChI is InChI=1S/C7H7NO5/c1-13-4(9)2-3-5(10)7(12)8-6(3)11/h2H2,1H3,(H2,8,10,11,12). The second-order valence-electron chi connectivity index (χ2n) is 2.36. The van der Waals surface area contributed by atoms with Crippen LogP contribution in [0.25, 0.3) is 0 Å². The average Bonchev–Trinajstić information content (AvgIpc) is 2.32. The molecule has 1 aliphatic heterocycles. The lowest BCUT2D eigenvalue weighted by Crippen LogP contribution is -2.23. The van der Waals surface area contributed by atoms with Crippen LogP contribution in [0.3, 0.4) is 0 Å². The number of amides is 2. The maximum absolute atomic E-state index is 10.9. The molecule has 0 aromatic carbocycles. The van der Waals surface area contributed by atoms with E-state index < -0.39 is 30.0 Å². The molecule has 0 aliphatic carbocycles. The van der Waals surface area contributed by atoms with Crippen LogP contribution < -0.4 is 5.32 Å². The monoisotopic (exact) mass is 185 g/mol. The molecule has 0 radical (unpaired) electrons. The molecule has 0 fully saturated rings. The molecule has 1 heterocycles. The van der Waals surface area contributed by atoms with Crippen molar-refractivity contribution in [1.82, 2.24) is 5.32 Å². The highest BCUT2D eigenvalue weighted by molar-refractivity contribution is 6.19. The van der Waals surface area contributed by atoms with Crippen LogP contribution in [0, 0.1) is 0 Å². The predicted octanol–water partition coefficient (Wildman–Crippen LogP) is -0.982. The third-order valence-corrected chi connectivity index (χ3v) is 1.55. The number of imide groups is 1. The molecule has 2 N–H and O–H groups in total. The minimum atomic E-state index is -0.885. The largest absolute Gasteiger partial charge is 0.503 e. The summed E-state index contributed by atoms with van der Waals surface area (Å²) in [4.78, 5) is 32.3. The zero-order chi connectivity index (χ0) is 10.0. The summed E-state index contributed by atoms with van der Waals surface area (Å²) >= 11 is 0. The Labute approximate surface area is 73.2 Å². The molecule has 6 nitrogen and oxygen atoms in total. The van der Waals surface area contributed by atoms with Gasteiger partial charge in [-0.2, -0.15) is 0 Å². The molecule has 13 heavy (non-hydrogen) atoms. The molecule has 1 rings (SSSR count). The van der Waals surface area contributed by atoms with Gasteiger partial charge < -0.3 is 9.84 Å². The Morgan fingerprint density at radius 1 is 1.46 bits per heavy atom. The first-order chi connectivity index (χ1) is 6.06. The van der Waals surface area contributed by atoms with E-state index in [1.807, 2.05) is 5.32 Å². The number of aliphatic hydroxyl groups is 1. The van der Waals surface area contributed by atoms with Crippen molar-refractivity contribution in [2.45, 2.75) is 6.42 Å². The predicted molar refractivity (Wildman–Crippen MR) is 39.4 cm³/mol. The minimum Gasteiger partial charge on any atom is -0.503 e. The molecule has 0 atom stereocenters. The second-order valence-corrected chi connectivity index (χ2v) is 2.36. The first-order valence-electron chi connectivity index (χ1n) is 3.41. The Hall–Kier alpha value is -1.85. The summed E-state index contributed by atoms with van der Waals surface area (Å²) in [7, 11) is 1.15. The van der Waals surface area contributed by atoms with E-state index in [-0.39, 0.29) is 5.57 Å². The van der Waals surface area contributed by atoms with Gasteiger partial charge in [0.1, 0.15) is 0 Å². The molecule has 1 aliphatic rings. The number of carbonyl (C=O) groups is 3. The number of methoxy groups -OCH3 is 1. The van der Waals surface area contributed by atoms with E-state index in [0.717, 1.165) is 7.11 Å². The fourth-order valence-electron chi connectivity index (χ4n) is 0.863. The van der Waals surface area contributed by atoms with Crippen molar-refractivity contribution in [3.05, 3.63) is 11.3 Å². The summed E-state index contributed by atoms with van der Waals surface area (Å²) in [5, 5.41) is 10.8. The fourth-order valence-corrected chi connectivity index (χ4v) is 0.863. The zero-order valence-electron chi connectivity index (χ0n) is 6.79. The van der Waals surface area contributed by atoms with Crippen molar-refractivity contribution in [2.24, 2.45) is 0 Å². The molecule has 2 amide bonds. The van der Waals surface area contributed by atoms with Gasteiger partial charge in [0.05, 0.1) is 19.1 Å². The summed E-state index contributed by atoms with van der Waals surface area (Å²) < 4.78 is 4.27. The average molecular weight is 185 g/mol. The Morgan fingerprint density at radius 2 is 2.08 bits per heavy atom. The first-order valence-corrected chi connectivity index (χ1v) is 3.41. The lowest BCUT2D eigenvalue weighted by Gasteiger charge is -1.97. The molecule has 0 spiro atoms. The van der Waals surface area contributed by atoms with Crippen LogP contribution in [-0.4, -0.2) is 30.0 Å². The van der Waals surface area contributed by atoms with Gasteiger partial charge in [0, 0.05) is 0 Å².